The topological polar surface area (TPSA) is 56.8 Å². The number of hydrogen-bond donors (Lipinski definition) is 1. The molecule has 94 valence electrons. The maximum absolute atomic E-state index is 10.6. The summed E-state index contributed by atoms with van der Waals surface area (Å²) < 4.78 is 5.51. The first kappa shape index (κ1) is 13.4. The van der Waals surface area contributed by atoms with Gasteiger partial charge in [-0.3, -0.25) is 10.1 Å². The second kappa shape index (κ2) is 6.85. The number of likely N-dealkylation sites (N-methyl/N-ethyl adjacent to an activating group) is 1. The third-order valence-corrected chi connectivity index (χ3v) is 2.75. The molecule has 0 radical (unpaired) electrons. The summed E-state index contributed by atoms with van der Waals surface area (Å²) in [7, 11) is 0. The summed E-state index contributed by atoms with van der Waals surface area (Å²) in [6.45, 7) is 7.88. The molecule has 0 saturated carbocycles. The number of nitro benzene ring substituents is 1. The van der Waals surface area contributed by atoms with E-state index in [1.54, 1.807) is 12.1 Å². The van der Waals surface area contributed by atoms with Crippen LogP contribution in [0.1, 0.15) is 13.8 Å². The van der Waals surface area contributed by atoms with Gasteiger partial charge < -0.3 is 9.64 Å². The van der Waals surface area contributed by atoms with Gasteiger partial charge in [0.1, 0.15) is 18.9 Å². The number of benzene rings is 1. The molecule has 0 saturated heterocycles. The average Bonchev–Trinajstić information content (AvgIpc) is 2.35. The molecule has 5 heteroatoms. The van der Waals surface area contributed by atoms with E-state index in [4.69, 9.17) is 4.74 Å². The van der Waals surface area contributed by atoms with Crippen LogP contribution in [-0.2, 0) is 0 Å². The molecule has 1 aromatic rings. The second-order valence-corrected chi connectivity index (χ2v) is 3.81. The third kappa shape index (κ3) is 4.40. The number of rotatable bonds is 7. The van der Waals surface area contributed by atoms with Crippen LogP contribution in [0.5, 0.6) is 5.75 Å². The summed E-state index contributed by atoms with van der Waals surface area (Å²) in [5.74, 6) is 0.561. The van der Waals surface area contributed by atoms with Crippen LogP contribution in [0.4, 0.5) is 5.69 Å². The number of quaternary nitrogens is 1. The lowest BCUT2D eigenvalue weighted by Crippen LogP contribution is -3.12. The lowest BCUT2D eigenvalue weighted by atomic mass is 10.3. The van der Waals surface area contributed by atoms with Gasteiger partial charge in [-0.05, 0) is 19.9 Å². The first-order chi connectivity index (χ1) is 8.17. The average molecular weight is 239 g/mol. The minimum absolute atomic E-state index is 0.0673. The molecule has 0 spiro atoms. The quantitative estimate of drug-likeness (QED) is 0.568. The van der Waals surface area contributed by atoms with Crippen LogP contribution in [0.25, 0.3) is 0 Å². The lowest BCUT2D eigenvalue weighted by Gasteiger charge is -2.15. The molecule has 5 nitrogen and oxygen atoms in total. The number of non-ortho nitro benzene ring substituents is 1. The Morgan fingerprint density at radius 3 is 2.65 bits per heavy atom. The van der Waals surface area contributed by atoms with Crippen molar-refractivity contribution in [1.29, 1.82) is 0 Å². The van der Waals surface area contributed by atoms with Gasteiger partial charge in [0.25, 0.3) is 5.69 Å². The van der Waals surface area contributed by atoms with Crippen LogP contribution in [0, 0.1) is 10.1 Å². The van der Waals surface area contributed by atoms with Gasteiger partial charge in [0, 0.05) is 6.07 Å². The van der Waals surface area contributed by atoms with Gasteiger partial charge in [-0.2, -0.15) is 0 Å². The van der Waals surface area contributed by atoms with E-state index in [0.717, 1.165) is 19.6 Å². The van der Waals surface area contributed by atoms with Crippen molar-refractivity contribution in [3.8, 4) is 5.75 Å². The smallest absolute Gasteiger partial charge is 0.273 e. The Kier molecular flexibility index (Phi) is 5.42. The fourth-order valence-corrected chi connectivity index (χ4v) is 1.60. The van der Waals surface area contributed by atoms with Gasteiger partial charge in [0.05, 0.1) is 24.1 Å². The monoisotopic (exact) mass is 239 g/mol. The summed E-state index contributed by atoms with van der Waals surface area (Å²) in [5, 5.41) is 10.6. The first-order valence-corrected chi connectivity index (χ1v) is 5.88. The molecule has 0 aromatic heterocycles. The van der Waals surface area contributed by atoms with E-state index in [1.165, 1.54) is 17.0 Å². The van der Waals surface area contributed by atoms with Crippen molar-refractivity contribution in [3.63, 3.8) is 0 Å². The van der Waals surface area contributed by atoms with Crippen LogP contribution in [0.2, 0.25) is 0 Å². The number of hydrogen-bond acceptors (Lipinski definition) is 3. The van der Waals surface area contributed by atoms with E-state index in [0.29, 0.717) is 12.4 Å². The van der Waals surface area contributed by atoms with E-state index in [1.807, 2.05) is 0 Å². The van der Waals surface area contributed by atoms with Crippen LogP contribution in [0.15, 0.2) is 24.3 Å². The fraction of sp³-hybridized carbons (Fsp3) is 0.500. The van der Waals surface area contributed by atoms with E-state index < -0.39 is 4.92 Å². The lowest BCUT2D eigenvalue weighted by molar-refractivity contribution is -0.896. The molecule has 1 rings (SSSR count). The van der Waals surface area contributed by atoms with Crippen LogP contribution in [0.3, 0.4) is 0 Å². The molecular formula is C12H19N2O3+. The molecule has 0 amide bonds. The molecule has 0 heterocycles. The SMILES string of the molecule is CC[NH+](CC)CCOc1cccc([N+](=O)[O-])c1. The minimum Gasteiger partial charge on any atom is -0.487 e. The van der Waals surface area contributed by atoms with Gasteiger partial charge in [-0.1, -0.05) is 6.07 Å². The number of nitrogens with zero attached hydrogens (tertiary/aromatic N) is 1. The minimum atomic E-state index is -0.414. The fourth-order valence-electron chi connectivity index (χ4n) is 1.60. The van der Waals surface area contributed by atoms with Crippen LogP contribution < -0.4 is 9.64 Å². The molecule has 0 fully saturated rings. The summed E-state index contributed by atoms with van der Waals surface area (Å²) in [4.78, 5) is 11.6. The van der Waals surface area contributed by atoms with Crippen molar-refractivity contribution in [2.24, 2.45) is 0 Å². The maximum atomic E-state index is 10.6. The largest absolute Gasteiger partial charge is 0.487 e. The molecule has 1 aromatic carbocycles. The predicted octanol–water partition coefficient (Wildman–Crippen LogP) is 0.898. The highest BCUT2D eigenvalue weighted by atomic mass is 16.6. The summed E-state index contributed by atoms with van der Waals surface area (Å²) in [5.41, 5.74) is 0.0673. The zero-order valence-corrected chi connectivity index (χ0v) is 10.3. The normalized spacial score (nSPS) is 10.5. The van der Waals surface area contributed by atoms with Crippen molar-refractivity contribution < 1.29 is 14.6 Å². The Hall–Kier alpha value is -1.62. The third-order valence-electron chi connectivity index (χ3n) is 2.75. The zero-order chi connectivity index (χ0) is 12.7. The highest BCUT2D eigenvalue weighted by Crippen LogP contribution is 2.18. The number of ether oxygens (including phenoxy) is 1. The van der Waals surface area contributed by atoms with Crippen molar-refractivity contribution in [2.75, 3.05) is 26.2 Å². The van der Waals surface area contributed by atoms with Crippen molar-refractivity contribution in [3.05, 3.63) is 34.4 Å². The van der Waals surface area contributed by atoms with Gasteiger partial charge >= 0.3 is 0 Å². The number of nitrogens with one attached hydrogen (secondary N) is 1. The van der Waals surface area contributed by atoms with Gasteiger partial charge in [0.2, 0.25) is 0 Å². The molecule has 0 aliphatic heterocycles. The zero-order valence-electron chi connectivity index (χ0n) is 10.3. The van der Waals surface area contributed by atoms with E-state index >= 15 is 0 Å². The Morgan fingerprint density at radius 1 is 1.35 bits per heavy atom. The van der Waals surface area contributed by atoms with E-state index in [-0.39, 0.29) is 5.69 Å². The van der Waals surface area contributed by atoms with E-state index in [2.05, 4.69) is 13.8 Å². The first-order valence-electron chi connectivity index (χ1n) is 5.88. The summed E-state index contributed by atoms with van der Waals surface area (Å²) >= 11 is 0. The molecule has 0 atom stereocenters. The van der Waals surface area contributed by atoms with Gasteiger partial charge in [-0.25, -0.2) is 0 Å². The van der Waals surface area contributed by atoms with Crippen molar-refractivity contribution in [2.45, 2.75) is 13.8 Å². The number of nitro groups is 1. The molecule has 0 aliphatic rings. The van der Waals surface area contributed by atoms with Gasteiger partial charge in [0.15, 0.2) is 0 Å². The second-order valence-electron chi connectivity index (χ2n) is 3.81. The van der Waals surface area contributed by atoms with Crippen molar-refractivity contribution in [1.82, 2.24) is 0 Å². The predicted molar refractivity (Wildman–Crippen MR) is 65.5 cm³/mol. The van der Waals surface area contributed by atoms with Crippen molar-refractivity contribution >= 4 is 5.69 Å². The van der Waals surface area contributed by atoms with E-state index in [9.17, 15) is 10.1 Å². The molecular weight excluding hydrogens is 220 g/mol. The molecule has 0 aliphatic carbocycles. The van der Waals surface area contributed by atoms with Crippen LogP contribution >= 0.6 is 0 Å². The summed E-state index contributed by atoms with van der Waals surface area (Å²) in [6.07, 6.45) is 0. The van der Waals surface area contributed by atoms with Gasteiger partial charge in [-0.15, -0.1) is 0 Å². The Labute approximate surface area is 101 Å². The highest BCUT2D eigenvalue weighted by Gasteiger charge is 2.07. The Bertz CT molecular complexity index is 365. The summed E-state index contributed by atoms with van der Waals surface area (Å²) in [6, 6.07) is 6.29. The molecule has 17 heavy (non-hydrogen) atoms. The Morgan fingerprint density at radius 2 is 2.06 bits per heavy atom. The molecule has 0 bridgehead atoms. The molecule has 0 unspecified atom stereocenters. The maximum Gasteiger partial charge on any atom is 0.273 e. The molecule has 1 N–H and O–H groups in total. The van der Waals surface area contributed by atoms with Crippen LogP contribution in [-0.4, -0.2) is 31.2 Å². The highest BCUT2D eigenvalue weighted by molar-refractivity contribution is 5.37. The standard InChI is InChI=1S/C12H18N2O3/c1-3-13(4-2)8-9-17-12-7-5-6-11(10-12)14(15)16/h5-7,10H,3-4,8-9H2,1-2H3/p+1. The Balaban J connectivity index is 2.46.